The van der Waals surface area contributed by atoms with Crippen LogP contribution in [0.5, 0.6) is 0 Å². The van der Waals surface area contributed by atoms with Gasteiger partial charge in [-0.1, -0.05) is 13.0 Å². The first-order chi connectivity index (χ1) is 10.9. The third-order valence-electron chi connectivity index (χ3n) is 3.89. The van der Waals surface area contributed by atoms with Gasteiger partial charge >= 0.3 is 0 Å². The Morgan fingerprint density at radius 3 is 2.42 bits per heavy atom. The molecule has 1 aromatic heterocycles. The van der Waals surface area contributed by atoms with Crippen molar-refractivity contribution < 1.29 is 0 Å². The normalized spacial score (nSPS) is 16.7. The molecule has 1 aromatic rings. The van der Waals surface area contributed by atoms with Crippen molar-refractivity contribution in [3.63, 3.8) is 0 Å². The van der Waals surface area contributed by atoms with Crippen molar-refractivity contribution >= 4 is 35.8 Å². The Morgan fingerprint density at radius 1 is 1.25 bits per heavy atom. The first kappa shape index (κ1) is 21.0. The highest BCUT2D eigenvalue weighted by atomic mass is 127. The predicted octanol–water partition coefficient (Wildman–Crippen LogP) is 2.04. The van der Waals surface area contributed by atoms with Gasteiger partial charge in [0.25, 0.3) is 0 Å². The zero-order valence-corrected chi connectivity index (χ0v) is 17.6. The number of nitrogens with zero attached hydrogens (tertiary/aromatic N) is 4. The van der Waals surface area contributed by atoms with Crippen molar-refractivity contribution in [3.05, 3.63) is 23.9 Å². The van der Waals surface area contributed by atoms with Gasteiger partial charge in [-0.25, -0.2) is 9.98 Å². The van der Waals surface area contributed by atoms with Gasteiger partial charge in [0.05, 0.1) is 6.54 Å². The molecule has 0 aromatic carbocycles. The van der Waals surface area contributed by atoms with Crippen molar-refractivity contribution in [2.45, 2.75) is 39.8 Å². The van der Waals surface area contributed by atoms with Crippen LogP contribution in [0.4, 0.5) is 5.82 Å². The van der Waals surface area contributed by atoms with E-state index in [1.165, 1.54) is 0 Å². The van der Waals surface area contributed by atoms with Crippen LogP contribution in [-0.4, -0.2) is 54.1 Å². The van der Waals surface area contributed by atoms with Crippen molar-refractivity contribution in [2.75, 3.05) is 37.6 Å². The lowest BCUT2D eigenvalue weighted by Gasteiger charge is -2.34. The number of aliphatic imine (C=N–C) groups is 1. The third kappa shape index (κ3) is 6.80. The van der Waals surface area contributed by atoms with Crippen LogP contribution in [0.15, 0.2) is 23.3 Å². The minimum atomic E-state index is -0.0731. The summed E-state index contributed by atoms with van der Waals surface area (Å²) in [6.07, 6.45) is 1.90. The molecule has 0 saturated carbocycles. The van der Waals surface area contributed by atoms with Gasteiger partial charge in [-0.2, -0.15) is 0 Å². The van der Waals surface area contributed by atoms with Crippen LogP contribution in [0.1, 0.15) is 33.3 Å². The number of halogens is 1. The van der Waals surface area contributed by atoms with Crippen molar-refractivity contribution in [2.24, 2.45) is 10.7 Å². The van der Waals surface area contributed by atoms with Gasteiger partial charge in [0.2, 0.25) is 0 Å². The molecule has 1 fully saturated rings. The zero-order valence-electron chi connectivity index (χ0n) is 15.2. The van der Waals surface area contributed by atoms with Gasteiger partial charge in [-0.15, -0.1) is 24.0 Å². The summed E-state index contributed by atoms with van der Waals surface area (Å²) in [5.74, 6) is 1.52. The molecule has 0 radical (unpaired) electrons. The van der Waals surface area contributed by atoms with Crippen LogP contribution >= 0.6 is 24.0 Å². The Balaban J connectivity index is 0.00000288. The molecule has 3 N–H and O–H groups in total. The van der Waals surface area contributed by atoms with Gasteiger partial charge in [-0.3, -0.25) is 0 Å². The monoisotopic (exact) mass is 446 g/mol. The number of pyridine rings is 1. The summed E-state index contributed by atoms with van der Waals surface area (Å²) < 4.78 is 0. The van der Waals surface area contributed by atoms with Crippen LogP contribution in [0.25, 0.3) is 0 Å². The van der Waals surface area contributed by atoms with Crippen LogP contribution in [0.2, 0.25) is 0 Å². The fraction of sp³-hybridized carbons (Fsp3) is 0.647. The van der Waals surface area contributed by atoms with Gasteiger partial charge in [0.15, 0.2) is 5.96 Å². The van der Waals surface area contributed by atoms with Gasteiger partial charge < -0.3 is 20.9 Å². The fourth-order valence-corrected chi connectivity index (χ4v) is 2.59. The van der Waals surface area contributed by atoms with Crippen molar-refractivity contribution in [3.8, 4) is 0 Å². The molecule has 1 saturated heterocycles. The SMILES string of the molecule is CCN1CCN(c2ccc(CN=C(N)NC(C)(C)C)cn2)CC1.I. The highest BCUT2D eigenvalue weighted by Gasteiger charge is 2.16. The summed E-state index contributed by atoms with van der Waals surface area (Å²) in [4.78, 5) is 13.8. The second-order valence-corrected chi connectivity index (χ2v) is 7.02. The number of hydrogen-bond acceptors (Lipinski definition) is 4. The lowest BCUT2D eigenvalue weighted by Crippen LogP contribution is -2.46. The number of likely N-dealkylation sites (N-methyl/N-ethyl adjacent to an activating group) is 1. The molecule has 24 heavy (non-hydrogen) atoms. The number of hydrogen-bond donors (Lipinski definition) is 2. The molecule has 2 heterocycles. The quantitative estimate of drug-likeness (QED) is 0.421. The number of rotatable bonds is 4. The summed E-state index contributed by atoms with van der Waals surface area (Å²) in [5, 5.41) is 3.16. The van der Waals surface area contributed by atoms with E-state index in [0.717, 1.165) is 44.1 Å². The molecule has 7 heteroatoms. The number of guanidine groups is 1. The molecule has 2 rings (SSSR count). The van der Waals surface area contributed by atoms with E-state index in [0.29, 0.717) is 12.5 Å². The second kappa shape index (κ2) is 9.41. The van der Waals surface area contributed by atoms with Crippen LogP contribution in [0.3, 0.4) is 0 Å². The van der Waals surface area contributed by atoms with Gasteiger partial charge in [0, 0.05) is 37.9 Å². The van der Waals surface area contributed by atoms with E-state index >= 15 is 0 Å². The molecule has 0 spiro atoms. The molecule has 0 atom stereocenters. The minimum Gasteiger partial charge on any atom is -0.370 e. The number of anilines is 1. The summed E-state index contributed by atoms with van der Waals surface area (Å²) in [5.41, 5.74) is 6.88. The molecule has 136 valence electrons. The lowest BCUT2D eigenvalue weighted by molar-refractivity contribution is 0.270. The molecular weight excluding hydrogens is 415 g/mol. The largest absolute Gasteiger partial charge is 0.370 e. The maximum Gasteiger partial charge on any atom is 0.189 e. The molecule has 6 nitrogen and oxygen atoms in total. The lowest BCUT2D eigenvalue weighted by atomic mass is 10.1. The van der Waals surface area contributed by atoms with Gasteiger partial charge in [-0.05, 0) is 38.9 Å². The van der Waals surface area contributed by atoms with E-state index in [9.17, 15) is 0 Å². The molecule has 0 unspecified atom stereocenters. The molecular formula is C17H31IN6. The van der Waals surface area contributed by atoms with E-state index in [4.69, 9.17) is 5.73 Å². The van der Waals surface area contributed by atoms with Crippen LogP contribution in [0, 0.1) is 0 Å². The Morgan fingerprint density at radius 2 is 1.92 bits per heavy atom. The summed E-state index contributed by atoms with van der Waals surface area (Å²) in [6, 6.07) is 4.17. The highest BCUT2D eigenvalue weighted by molar-refractivity contribution is 14.0. The maximum atomic E-state index is 5.89. The average Bonchev–Trinajstić information content (AvgIpc) is 2.52. The number of nitrogens with one attached hydrogen (secondary N) is 1. The first-order valence-electron chi connectivity index (χ1n) is 8.38. The second-order valence-electron chi connectivity index (χ2n) is 7.02. The van der Waals surface area contributed by atoms with E-state index in [1.807, 2.05) is 6.20 Å². The third-order valence-corrected chi connectivity index (χ3v) is 3.89. The van der Waals surface area contributed by atoms with E-state index in [1.54, 1.807) is 0 Å². The zero-order chi connectivity index (χ0) is 16.9. The average molecular weight is 446 g/mol. The smallest absolute Gasteiger partial charge is 0.189 e. The Kier molecular flexibility index (Phi) is 8.21. The Hall–Kier alpha value is -1.09. The minimum absolute atomic E-state index is 0. The van der Waals surface area contributed by atoms with Crippen LogP contribution < -0.4 is 16.0 Å². The highest BCUT2D eigenvalue weighted by Crippen LogP contribution is 2.14. The molecule has 0 aliphatic carbocycles. The van der Waals surface area contributed by atoms with Gasteiger partial charge in [0.1, 0.15) is 5.82 Å². The number of aromatic nitrogens is 1. The predicted molar refractivity (Wildman–Crippen MR) is 112 cm³/mol. The molecule has 1 aliphatic rings. The molecule has 0 bridgehead atoms. The molecule has 1 aliphatic heterocycles. The number of piperazine rings is 1. The van der Waals surface area contributed by atoms with Crippen LogP contribution in [-0.2, 0) is 6.54 Å². The fourth-order valence-electron chi connectivity index (χ4n) is 2.59. The first-order valence-corrected chi connectivity index (χ1v) is 8.38. The van der Waals surface area contributed by atoms with Crippen molar-refractivity contribution in [1.29, 1.82) is 0 Å². The van der Waals surface area contributed by atoms with Crippen molar-refractivity contribution in [1.82, 2.24) is 15.2 Å². The maximum absolute atomic E-state index is 5.89. The number of nitrogens with two attached hydrogens (primary N) is 1. The summed E-state index contributed by atoms with van der Waals surface area (Å²) >= 11 is 0. The Bertz CT molecular complexity index is 515. The van der Waals surface area contributed by atoms with E-state index in [-0.39, 0.29) is 29.5 Å². The van der Waals surface area contributed by atoms with E-state index < -0.39 is 0 Å². The summed E-state index contributed by atoms with van der Waals surface area (Å²) in [7, 11) is 0. The standard InChI is InChI=1S/C17H30N6.HI/c1-5-22-8-10-23(11-9-22)15-7-6-14(12-19-15)13-20-16(18)21-17(2,3)4;/h6-7,12H,5,8-11,13H2,1-4H3,(H3,18,20,21);1H. The Labute approximate surface area is 162 Å². The van der Waals surface area contributed by atoms with E-state index in [2.05, 4.69) is 64.9 Å². The topological polar surface area (TPSA) is 69.8 Å². The molecule has 0 amide bonds. The summed E-state index contributed by atoms with van der Waals surface area (Å²) in [6.45, 7) is 14.4.